The van der Waals surface area contributed by atoms with Gasteiger partial charge >= 0.3 is 0 Å². The van der Waals surface area contributed by atoms with Gasteiger partial charge in [-0.15, -0.1) is 0 Å². The normalized spacial score (nSPS) is 11.5. The standard InChI is InChI=1S/C22H26O2/c1-3-11-21(12-4-1)15-9-19-23-17-7-8-18-24-20-10-16-22-13-5-2-6-14-22/h1-6,9-16H,7-8,17-20H2/b15-9+,16-10+. The minimum atomic E-state index is 0.662. The first kappa shape index (κ1) is 18.2. The topological polar surface area (TPSA) is 18.5 Å². The minimum Gasteiger partial charge on any atom is -0.377 e. The van der Waals surface area contributed by atoms with Gasteiger partial charge in [-0.25, -0.2) is 0 Å². The van der Waals surface area contributed by atoms with Crippen LogP contribution < -0.4 is 0 Å². The first-order chi connectivity index (χ1) is 11.9. The van der Waals surface area contributed by atoms with Gasteiger partial charge in [-0.1, -0.05) is 85.0 Å². The lowest BCUT2D eigenvalue weighted by atomic mass is 10.2. The molecule has 2 aromatic carbocycles. The molecule has 0 heterocycles. The monoisotopic (exact) mass is 322 g/mol. The van der Waals surface area contributed by atoms with Crippen molar-refractivity contribution < 1.29 is 9.47 Å². The van der Waals surface area contributed by atoms with Gasteiger partial charge in [-0.3, -0.25) is 0 Å². The van der Waals surface area contributed by atoms with Gasteiger partial charge in [0.25, 0.3) is 0 Å². The maximum atomic E-state index is 5.58. The van der Waals surface area contributed by atoms with E-state index in [2.05, 4.69) is 48.6 Å². The maximum absolute atomic E-state index is 5.58. The lowest BCUT2D eigenvalue weighted by Crippen LogP contribution is -1.99. The molecular formula is C22H26O2. The number of rotatable bonds is 11. The van der Waals surface area contributed by atoms with E-state index in [9.17, 15) is 0 Å². The number of hydrogen-bond acceptors (Lipinski definition) is 2. The average Bonchev–Trinajstić information content (AvgIpc) is 2.64. The van der Waals surface area contributed by atoms with Crippen LogP contribution in [0.15, 0.2) is 72.8 Å². The second-order valence-electron chi connectivity index (χ2n) is 5.48. The van der Waals surface area contributed by atoms with Gasteiger partial charge in [0.15, 0.2) is 0 Å². The molecular weight excluding hydrogens is 296 g/mol. The molecule has 0 fully saturated rings. The molecule has 0 aliphatic heterocycles. The van der Waals surface area contributed by atoms with E-state index in [0.717, 1.165) is 26.1 Å². The molecule has 24 heavy (non-hydrogen) atoms. The van der Waals surface area contributed by atoms with Gasteiger partial charge < -0.3 is 9.47 Å². The van der Waals surface area contributed by atoms with Gasteiger partial charge in [0.1, 0.15) is 0 Å². The molecule has 0 bridgehead atoms. The predicted molar refractivity (Wildman–Crippen MR) is 102 cm³/mol. The summed E-state index contributed by atoms with van der Waals surface area (Å²) in [6.45, 7) is 2.88. The van der Waals surface area contributed by atoms with E-state index in [-0.39, 0.29) is 0 Å². The van der Waals surface area contributed by atoms with Crippen molar-refractivity contribution in [3.63, 3.8) is 0 Å². The summed E-state index contributed by atoms with van der Waals surface area (Å²) in [5.74, 6) is 0. The van der Waals surface area contributed by atoms with Crippen LogP contribution in [0.3, 0.4) is 0 Å². The molecule has 0 radical (unpaired) electrons. The van der Waals surface area contributed by atoms with E-state index in [1.807, 2.05) is 36.4 Å². The van der Waals surface area contributed by atoms with Crippen molar-refractivity contribution in [3.05, 3.63) is 83.9 Å². The lowest BCUT2D eigenvalue weighted by molar-refractivity contribution is 0.128. The van der Waals surface area contributed by atoms with Crippen LogP contribution in [0.25, 0.3) is 12.2 Å². The molecule has 0 unspecified atom stereocenters. The molecule has 126 valence electrons. The molecule has 0 saturated carbocycles. The third kappa shape index (κ3) is 8.47. The van der Waals surface area contributed by atoms with Gasteiger partial charge in [0.2, 0.25) is 0 Å². The third-order valence-corrected chi connectivity index (χ3v) is 3.48. The Hall–Kier alpha value is -2.16. The highest BCUT2D eigenvalue weighted by Crippen LogP contribution is 2.02. The SMILES string of the molecule is C(=C\c1ccccc1)/COCCCCOC/C=C/c1ccccc1. The Kier molecular flexibility index (Phi) is 9.31. The van der Waals surface area contributed by atoms with E-state index in [4.69, 9.17) is 9.47 Å². The van der Waals surface area contributed by atoms with E-state index in [1.54, 1.807) is 0 Å². The van der Waals surface area contributed by atoms with Crippen LogP contribution in [0.5, 0.6) is 0 Å². The van der Waals surface area contributed by atoms with Crippen LogP contribution in [-0.2, 0) is 9.47 Å². The molecule has 0 aromatic heterocycles. The summed E-state index contributed by atoms with van der Waals surface area (Å²) in [5, 5.41) is 0. The maximum Gasteiger partial charge on any atom is 0.0650 e. The fourth-order valence-electron chi connectivity index (χ4n) is 2.21. The van der Waals surface area contributed by atoms with Crippen molar-refractivity contribution in [2.45, 2.75) is 12.8 Å². The fourth-order valence-corrected chi connectivity index (χ4v) is 2.21. The Balaban J connectivity index is 1.40. The van der Waals surface area contributed by atoms with Crippen molar-refractivity contribution >= 4 is 12.2 Å². The van der Waals surface area contributed by atoms with Crippen LogP contribution in [0, 0.1) is 0 Å². The Bertz CT molecular complexity index is 532. The van der Waals surface area contributed by atoms with E-state index >= 15 is 0 Å². The highest BCUT2D eigenvalue weighted by atomic mass is 16.5. The molecule has 0 spiro atoms. The third-order valence-electron chi connectivity index (χ3n) is 3.48. The predicted octanol–water partition coefficient (Wildman–Crippen LogP) is 5.23. The molecule has 0 N–H and O–H groups in total. The van der Waals surface area contributed by atoms with Crippen LogP contribution in [0.4, 0.5) is 0 Å². The Morgan fingerprint density at radius 3 is 1.42 bits per heavy atom. The zero-order chi connectivity index (χ0) is 16.7. The van der Waals surface area contributed by atoms with Gasteiger partial charge in [0.05, 0.1) is 13.2 Å². The first-order valence-corrected chi connectivity index (χ1v) is 8.54. The molecule has 0 aliphatic carbocycles. The Morgan fingerprint density at radius 2 is 1.00 bits per heavy atom. The molecule has 2 nitrogen and oxygen atoms in total. The highest BCUT2D eigenvalue weighted by molar-refractivity contribution is 5.49. The molecule has 2 heteroatoms. The Labute approximate surface area is 145 Å². The van der Waals surface area contributed by atoms with E-state index in [0.29, 0.717) is 13.2 Å². The smallest absolute Gasteiger partial charge is 0.0650 e. The summed E-state index contributed by atoms with van der Waals surface area (Å²) in [4.78, 5) is 0. The van der Waals surface area contributed by atoms with Crippen LogP contribution >= 0.6 is 0 Å². The molecule has 2 rings (SSSR count). The molecule has 2 aromatic rings. The van der Waals surface area contributed by atoms with Crippen molar-refractivity contribution in [2.75, 3.05) is 26.4 Å². The van der Waals surface area contributed by atoms with Crippen LogP contribution in [0.1, 0.15) is 24.0 Å². The number of ether oxygens (including phenoxy) is 2. The highest BCUT2D eigenvalue weighted by Gasteiger charge is 1.90. The second kappa shape index (κ2) is 12.3. The van der Waals surface area contributed by atoms with Crippen molar-refractivity contribution in [3.8, 4) is 0 Å². The summed E-state index contributed by atoms with van der Waals surface area (Å²) in [7, 11) is 0. The number of unbranched alkanes of at least 4 members (excludes halogenated alkanes) is 1. The summed E-state index contributed by atoms with van der Waals surface area (Å²) < 4.78 is 11.2. The summed E-state index contributed by atoms with van der Waals surface area (Å²) in [5.41, 5.74) is 2.41. The quantitative estimate of drug-likeness (QED) is 0.528. The molecule has 0 saturated heterocycles. The van der Waals surface area contributed by atoms with Crippen molar-refractivity contribution in [2.24, 2.45) is 0 Å². The Morgan fingerprint density at radius 1 is 0.583 bits per heavy atom. The molecule has 0 aliphatic rings. The summed E-state index contributed by atoms with van der Waals surface area (Å²) in [6, 6.07) is 20.5. The minimum absolute atomic E-state index is 0.662. The summed E-state index contributed by atoms with van der Waals surface area (Å²) in [6.07, 6.45) is 10.3. The van der Waals surface area contributed by atoms with Crippen molar-refractivity contribution in [1.29, 1.82) is 0 Å². The largest absolute Gasteiger partial charge is 0.377 e. The zero-order valence-electron chi connectivity index (χ0n) is 14.1. The number of benzene rings is 2. The van der Waals surface area contributed by atoms with Crippen LogP contribution in [-0.4, -0.2) is 26.4 Å². The molecule has 0 amide bonds. The second-order valence-corrected chi connectivity index (χ2v) is 5.48. The van der Waals surface area contributed by atoms with Crippen molar-refractivity contribution in [1.82, 2.24) is 0 Å². The fraction of sp³-hybridized carbons (Fsp3) is 0.273. The lowest BCUT2D eigenvalue weighted by Gasteiger charge is -2.02. The van der Waals surface area contributed by atoms with Crippen LogP contribution in [0.2, 0.25) is 0 Å². The van der Waals surface area contributed by atoms with E-state index < -0.39 is 0 Å². The average molecular weight is 322 g/mol. The summed E-state index contributed by atoms with van der Waals surface area (Å²) >= 11 is 0. The first-order valence-electron chi connectivity index (χ1n) is 8.54. The van der Waals surface area contributed by atoms with Gasteiger partial charge in [-0.2, -0.15) is 0 Å². The molecule has 0 atom stereocenters. The van der Waals surface area contributed by atoms with Gasteiger partial charge in [-0.05, 0) is 24.0 Å². The number of hydrogen-bond donors (Lipinski definition) is 0. The zero-order valence-corrected chi connectivity index (χ0v) is 14.1. The van der Waals surface area contributed by atoms with Gasteiger partial charge in [0, 0.05) is 13.2 Å². The van der Waals surface area contributed by atoms with E-state index in [1.165, 1.54) is 11.1 Å².